The van der Waals surface area contributed by atoms with Gasteiger partial charge in [-0.2, -0.15) is 0 Å². The largest absolute Gasteiger partial charge is 0.466 e. The van der Waals surface area contributed by atoms with E-state index in [1.165, 1.54) is 0 Å². The van der Waals surface area contributed by atoms with Crippen LogP contribution in [0.1, 0.15) is 56.3 Å². The number of aryl methyl sites for hydroxylation is 1. The minimum absolute atomic E-state index is 0.0169. The molecule has 5 rings (SSSR count). The van der Waals surface area contributed by atoms with Gasteiger partial charge in [0.25, 0.3) is 5.56 Å². The zero-order valence-electron chi connectivity index (χ0n) is 27.0. The maximum Gasteiger partial charge on any atom is 0.331 e. The SMILES string of the molecule is CCOC(=O)CCNC(=O)Cn1c(=O)c2ccccc2n(CCCCN2CCC(OC(c3ccccc3)c3ccccc3)CC2)c1=O. The molecule has 0 spiro atoms. The molecule has 0 aliphatic carbocycles. The maximum atomic E-state index is 13.5. The highest BCUT2D eigenvalue weighted by Crippen LogP contribution is 2.30. The zero-order chi connectivity index (χ0) is 33.0. The predicted octanol–water partition coefficient (Wildman–Crippen LogP) is 4.28. The summed E-state index contributed by atoms with van der Waals surface area (Å²) in [5.41, 5.74) is 1.85. The van der Waals surface area contributed by atoms with Gasteiger partial charge in [-0.25, -0.2) is 4.79 Å². The number of nitrogens with one attached hydrogen (secondary N) is 1. The summed E-state index contributed by atoms with van der Waals surface area (Å²) in [7, 11) is 0. The van der Waals surface area contributed by atoms with Crippen molar-refractivity contribution in [2.45, 2.75) is 64.3 Å². The van der Waals surface area contributed by atoms with E-state index in [-0.39, 0.29) is 31.8 Å². The molecule has 10 heteroatoms. The van der Waals surface area contributed by atoms with Crippen molar-refractivity contribution in [2.24, 2.45) is 0 Å². The number of aromatic nitrogens is 2. The molecule has 1 aromatic heterocycles. The highest BCUT2D eigenvalue weighted by molar-refractivity contribution is 5.79. The Kier molecular flexibility index (Phi) is 12.1. The third-order valence-electron chi connectivity index (χ3n) is 8.56. The van der Waals surface area contributed by atoms with Crippen LogP contribution in [0.4, 0.5) is 0 Å². The van der Waals surface area contributed by atoms with Crippen molar-refractivity contribution in [2.75, 3.05) is 32.8 Å². The molecule has 0 bridgehead atoms. The summed E-state index contributed by atoms with van der Waals surface area (Å²) in [5, 5.41) is 2.99. The molecule has 1 N–H and O–H groups in total. The van der Waals surface area contributed by atoms with E-state index >= 15 is 0 Å². The van der Waals surface area contributed by atoms with Crippen LogP contribution in [-0.2, 0) is 32.2 Å². The molecule has 1 fully saturated rings. The van der Waals surface area contributed by atoms with Crippen LogP contribution in [0, 0.1) is 0 Å². The lowest BCUT2D eigenvalue weighted by atomic mass is 10.00. The van der Waals surface area contributed by atoms with Crippen molar-refractivity contribution >= 4 is 22.8 Å². The second-order valence-electron chi connectivity index (χ2n) is 11.8. The number of unbranched alkanes of at least 4 members (excludes halogenated alkanes) is 1. The van der Waals surface area contributed by atoms with Crippen molar-refractivity contribution in [1.29, 1.82) is 0 Å². The lowest BCUT2D eigenvalue weighted by Crippen LogP contribution is -2.44. The molecule has 2 heterocycles. The minimum Gasteiger partial charge on any atom is -0.466 e. The van der Waals surface area contributed by atoms with E-state index in [9.17, 15) is 19.2 Å². The summed E-state index contributed by atoms with van der Waals surface area (Å²) in [6.45, 7) is 4.84. The van der Waals surface area contributed by atoms with Crippen LogP contribution in [0.3, 0.4) is 0 Å². The fourth-order valence-electron chi connectivity index (χ4n) is 6.14. The third-order valence-corrected chi connectivity index (χ3v) is 8.56. The van der Waals surface area contributed by atoms with Crippen molar-refractivity contribution in [3.8, 4) is 0 Å². The molecular weight excluding hydrogens is 596 g/mol. The quantitative estimate of drug-likeness (QED) is 0.153. The first-order chi connectivity index (χ1) is 22.9. The Balaban J connectivity index is 1.14. The number of nitrogens with zero attached hydrogens (tertiary/aromatic N) is 3. The topological polar surface area (TPSA) is 112 Å². The Bertz CT molecular complexity index is 1690. The maximum absolute atomic E-state index is 13.5. The molecule has 4 aromatic rings. The summed E-state index contributed by atoms with van der Waals surface area (Å²) in [5.74, 6) is -0.933. The standard InChI is InChI=1S/C37H44N4O6/c1-2-46-34(43)19-22-38-33(42)27-41-36(44)31-17-9-10-18-32(31)40(37(41)45)24-12-11-23-39-25-20-30(21-26-39)47-35(28-13-5-3-6-14-28)29-15-7-4-8-16-29/h3-10,13-18,30,35H,2,11-12,19-27H2,1H3,(H,38,42). The Hall–Kier alpha value is -4.54. The van der Waals surface area contributed by atoms with E-state index in [0.717, 1.165) is 61.0 Å². The van der Waals surface area contributed by atoms with E-state index < -0.39 is 29.7 Å². The average Bonchev–Trinajstić information content (AvgIpc) is 3.10. The van der Waals surface area contributed by atoms with Gasteiger partial charge in [0.05, 0.1) is 30.0 Å². The number of fused-ring (bicyclic) bond motifs is 1. The van der Waals surface area contributed by atoms with Crippen molar-refractivity contribution in [1.82, 2.24) is 19.4 Å². The number of rotatable bonds is 15. The van der Waals surface area contributed by atoms with Gasteiger partial charge >= 0.3 is 11.7 Å². The first kappa shape index (κ1) is 33.8. The van der Waals surface area contributed by atoms with Gasteiger partial charge in [-0.15, -0.1) is 0 Å². The van der Waals surface area contributed by atoms with E-state index in [2.05, 4.69) is 58.7 Å². The third kappa shape index (κ3) is 9.05. The molecule has 0 radical (unpaired) electrons. The molecule has 10 nitrogen and oxygen atoms in total. The van der Waals surface area contributed by atoms with Crippen LogP contribution in [-0.4, -0.2) is 64.8 Å². The number of esters is 1. The van der Waals surface area contributed by atoms with Crippen molar-refractivity contribution < 1.29 is 19.1 Å². The van der Waals surface area contributed by atoms with Gasteiger partial charge in [-0.05, 0) is 62.4 Å². The molecule has 0 unspecified atom stereocenters. The van der Waals surface area contributed by atoms with E-state index in [0.29, 0.717) is 17.4 Å². The van der Waals surface area contributed by atoms with Crippen LogP contribution in [0.2, 0.25) is 0 Å². The number of carbonyl (C=O) groups excluding carboxylic acids is 2. The van der Waals surface area contributed by atoms with E-state index in [1.54, 1.807) is 35.8 Å². The fraction of sp³-hybridized carbons (Fsp3) is 0.405. The number of ether oxygens (including phenoxy) is 2. The molecule has 47 heavy (non-hydrogen) atoms. The molecule has 1 aliphatic heterocycles. The Morgan fingerprint density at radius 1 is 0.830 bits per heavy atom. The Labute approximate surface area is 274 Å². The van der Waals surface area contributed by atoms with Gasteiger partial charge in [0.1, 0.15) is 12.6 Å². The summed E-state index contributed by atoms with van der Waals surface area (Å²) < 4.78 is 14.1. The number of amides is 1. The van der Waals surface area contributed by atoms with Gasteiger partial charge in [-0.1, -0.05) is 72.8 Å². The highest BCUT2D eigenvalue weighted by atomic mass is 16.5. The molecule has 0 saturated carbocycles. The Morgan fingerprint density at radius 3 is 2.11 bits per heavy atom. The summed E-state index contributed by atoms with van der Waals surface area (Å²) >= 11 is 0. The monoisotopic (exact) mass is 640 g/mol. The van der Waals surface area contributed by atoms with Gasteiger partial charge in [0.15, 0.2) is 0 Å². The molecule has 248 valence electrons. The van der Waals surface area contributed by atoms with Crippen LogP contribution in [0.15, 0.2) is 94.5 Å². The van der Waals surface area contributed by atoms with Gasteiger partial charge in [-0.3, -0.25) is 23.5 Å². The second kappa shape index (κ2) is 16.9. The van der Waals surface area contributed by atoms with E-state index in [4.69, 9.17) is 9.47 Å². The lowest BCUT2D eigenvalue weighted by Gasteiger charge is -2.34. The highest BCUT2D eigenvalue weighted by Gasteiger charge is 2.25. The van der Waals surface area contributed by atoms with Gasteiger partial charge in [0.2, 0.25) is 5.91 Å². The molecular formula is C37H44N4O6. The number of para-hydroxylation sites is 1. The molecule has 3 aromatic carbocycles. The Morgan fingerprint density at radius 2 is 1.45 bits per heavy atom. The van der Waals surface area contributed by atoms with Crippen molar-refractivity contribution in [3.05, 3.63) is 117 Å². The van der Waals surface area contributed by atoms with Gasteiger partial charge < -0.3 is 19.7 Å². The normalized spacial score (nSPS) is 14.0. The fourth-order valence-corrected chi connectivity index (χ4v) is 6.14. The van der Waals surface area contributed by atoms with Gasteiger partial charge in [0, 0.05) is 26.2 Å². The number of hydrogen-bond donors (Lipinski definition) is 1. The van der Waals surface area contributed by atoms with Crippen LogP contribution < -0.4 is 16.6 Å². The summed E-state index contributed by atoms with van der Waals surface area (Å²) in [4.78, 5) is 53.2. The van der Waals surface area contributed by atoms with E-state index in [1.807, 2.05) is 12.1 Å². The number of piperidine rings is 1. The molecule has 0 atom stereocenters. The number of hydrogen-bond acceptors (Lipinski definition) is 7. The molecule has 1 saturated heterocycles. The first-order valence-corrected chi connectivity index (χ1v) is 16.6. The number of likely N-dealkylation sites (tertiary alicyclic amines) is 1. The minimum atomic E-state index is -0.515. The zero-order valence-corrected chi connectivity index (χ0v) is 27.0. The van der Waals surface area contributed by atoms with Crippen LogP contribution >= 0.6 is 0 Å². The summed E-state index contributed by atoms with van der Waals surface area (Å²) in [6, 6.07) is 27.7. The number of benzene rings is 3. The molecule has 1 amide bonds. The van der Waals surface area contributed by atoms with Crippen LogP contribution in [0.5, 0.6) is 0 Å². The van der Waals surface area contributed by atoms with Crippen molar-refractivity contribution in [3.63, 3.8) is 0 Å². The smallest absolute Gasteiger partial charge is 0.331 e. The predicted molar refractivity (Wildman–Crippen MR) is 181 cm³/mol. The number of carbonyl (C=O) groups is 2. The first-order valence-electron chi connectivity index (χ1n) is 16.6. The average molecular weight is 641 g/mol. The molecule has 1 aliphatic rings. The summed E-state index contributed by atoms with van der Waals surface area (Å²) in [6.07, 6.45) is 3.62. The van der Waals surface area contributed by atoms with Crippen LogP contribution in [0.25, 0.3) is 10.9 Å². The lowest BCUT2D eigenvalue weighted by molar-refractivity contribution is -0.143. The second-order valence-corrected chi connectivity index (χ2v) is 11.8.